The number of benzene rings is 2. The van der Waals surface area contributed by atoms with Crippen LogP contribution in [-0.2, 0) is 6.54 Å². The molecule has 7 heteroatoms. The summed E-state index contributed by atoms with van der Waals surface area (Å²) >= 11 is 1.39. The predicted octanol–water partition coefficient (Wildman–Crippen LogP) is 5.30. The maximum absolute atomic E-state index is 12.9. The molecule has 4 rings (SSSR count). The number of carbonyl (C=O) groups excluding carboxylic acids is 2. The molecule has 0 aliphatic heterocycles. The number of thioether (sulfide) groups is 1. The lowest BCUT2D eigenvalue weighted by atomic mass is 9.97. The minimum Gasteiger partial charge on any atom is -0.467 e. The van der Waals surface area contributed by atoms with Crippen molar-refractivity contribution in [1.82, 2.24) is 14.9 Å². The molecule has 1 N–H and O–H groups in total. The zero-order chi connectivity index (χ0) is 23.4. The molecular weight excluding hydrogens is 434 g/mol. The van der Waals surface area contributed by atoms with Gasteiger partial charge in [0, 0.05) is 29.2 Å². The number of amides is 1. The third-order valence-electron chi connectivity index (χ3n) is 5.28. The normalized spacial score (nSPS) is 10.9. The van der Waals surface area contributed by atoms with Crippen LogP contribution in [-0.4, -0.2) is 27.0 Å². The molecule has 2 aromatic carbocycles. The van der Waals surface area contributed by atoms with E-state index in [9.17, 15) is 9.59 Å². The molecule has 0 bridgehead atoms. The molecule has 0 atom stereocenters. The van der Waals surface area contributed by atoms with E-state index in [1.165, 1.54) is 11.8 Å². The van der Waals surface area contributed by atoms with Gasteiger partial charge in [-0.1, -0.05) is 35.5 Å². The Morgan fingerprint density at radius 1 is 1.06 bits per heavy atom. The first-order valence-electron chi connectivity index (χ1n) is 10.6. The number of aromatic nitrogens is 2. The molecule has 2 heterocycles. The van der Waals surface area contributed by atoms with Crippen molar-refractivity contribution in [3.05, 3.63) is 101 Å². The number of rotatable bonds is 8. The molecule has 1 amide bonds. The lowest BCUT2D eigenvalue weighted by Gasteiger charge is -2.11. The van der Waals surface area contributed by atoms with Crippen molar-refractivity contribution in [3.8, 4) is 5.69 Å². The van der Waals surface area contributed by atoms with Gasteiger partial charge in [0.25, 0.3) is 5.91 Å². The van der Waals surface area contributed by atoms with Crippen LogP contribution in [0.5, 0.6) is 0 Å². The first-order chi connectivity index (χ1) is 15.9. The Morgan fingerprint density at radius 2 is 1.85 bits per heavy atom. The van der Waals surface area contributed by atoms with Crippen LogP contribution in [0.1, 0.15) is 43.2 Å². The van der Waals surface area contributed by atoms with Gasteiger partial charge in [-0.25, -0.2) is 4.98 Å². The van der Waals surface area contributed by atoms with E-state index in [-0.39, 0.29) is 17.4 Å². The van der Waals surface area contributed by atoms with E-state index in [0.29, 0.717) is 23.0 Å². The highest BCUT2D eigenvalue weighted by Gasteiger charge is 2.16. The van der Waals surface area contributed by atoms with Crippen molar-refractivity contribution in [2.24, 2.45) is 0 Å². The summed E-state index contributed by atoms with van der Waals surface area (Å²) in [5.41, 5.74) is 5.25. The van der Waals surface area contributed by atoms with Crippen molar-refractivity contribution in [2.45, 2.75) is 32.5 Å². The highest BCUT2D eigenvalue weighted by Crippen LogP contribution is 2.24. The fourth-order valence-electron chi connectivity index (χ4n) is 3.89. The second-order valence-electron chi connectivity index (χ2n) is 7.88. The lowest BCUT2D eigenvalue weighted by Crippen LogP contribution is -2.22. The number of aryl methyl sites for hydroxylation is 3. The first kappa shape index (κ1) is 22.6. The zero-order valence-corrected chi connectivity index (χ0v) is 19.6. The topological polar surface area (TPSA) is 77.1 Å². The minimum atomic E-state index is -0.192. The summed E-state index contributed by atoms with van der Waals surface area (Å²) in [6, 6.07) is 15.0. The molecule has 168 valence electrons. The first-order valence-corrected chi connectivity index (χ1v) is 11.6. The number of ketones is 1. The summed E-state index contributed by atoms with van der Waals surface area (Å²) in [6.45, 7) is 6.30. The molecule has 0 aliphatic rings. The Kier molecular flexibility index (Phi) is 6.79. The van der Waals surface area contributed by atoms with Crippen LogP contribution in [0.4, 0.5) is 0 Å². The number of hydrogen-bond donors (Lipinski definition) is 1. The molecule has 0 unspecified atom stereocenters. The van der Waals surface area contributed by atoms with E-state index in [4.69, 9.17) is 4.42 Å². The summed E-state index contributed by atoms with van der Waals surface area (Å²) in [4.78, 5) is 29.9. The van der Waals surface area contributed by atoms with Gasteiger partial charge in [-0.3, -0.25) is 14.2 Å². The number of carbonyl (C=O) groups is 2. The predicted molar refractivity (Wildman–Crippen MR) is 129 cm³/mol. The van der Waals surface area contributed by atoms with E-state index >= 15 is 0 Å². The summed E-state index contributed by atoms with van der Waals surface area (Å²) in [5, 5.41) is 3.55. The highest BCUT2D eigenvalue weighted by atomic mass is 32.2. The summed E-state index contributed by atoms with van der Waals surface area (Å²) in [7, 11) is 0. The number of furan rings is 1. The van der Waals surface area contributed by atoms with Gasteiger partial charge in [0.05, 0.1) is 18.6 Å². The van der Waals surface area contributed by atoms with Crippen LogP contribution in [0.3, 0.4) is 0 Å². The quantitative estimate of drug-likeness (QED) is 0.286. The molecule has 4 aromatic rings. The number of nitrogens with one attached hydrogen (secondary N) is 1. The van der Waals surface area contributed by atoms with E-state index in [0.717, 1.165) is 27.9 Å². The van der Waals surface area contributed by atoms with Crippen LogP contribution in [0, 0.1) is 20.8 Å². The fraction of sp³-hybridized carbons (Fsp3) is 0.192. The second-order valence-corrected chi connectivity index (χ2v) is 8.82. The largest absolute Gasteiger partial charge is 0.467 e. The minimum absolute atomic E-state index is 0.0793. The second kappa shape index (κ2) is 9.92. The average molecular weight is 460 g/mol. The molecule has 0 saturated heterocycles. The van der Waals surface area contributed by atoms with Gasteiger partial charge in [-0.2, -0.15) is 0 Å². The van der Waals surface area contributed by atoms with E-state index in [1.807, 2.05) is 61.9 Å². The van der Waals surface area contributed by atoms with E-state index < -0.39 is 0 Å². The smallest absolute Gasteiger partial charge is 0.251 e. The van der Waals surface area contributed by atoms with Crippen molar-refractivity contribution in [1.29, 1.82) is 0 Å². The zero-order valence-electron chi connectivity index (χ0n) is 18.8. The lowest BCUT2D eigenvalue weighted by molar-refractivity contribution is 0.0947. The molecule has 33 heavy (non-hydrogen) atoms. The highest BCUT2D eigenvalue weighted by molar-refractivity contribution is 7.99. The third-order valence-corrected chi connectivity index (χ3v) is 6.25. The molecule has 0 aliphatic carbocycles. The van der Waals surface area contributed by atoms with Gasteiger partial charge in [0.1, 0.15) is 5.76 Å². The number of nitrogens with zero attached hydrogens (tertiary/aromatic N) is 2. The molecule has 0 saturated carbocycles. The molecule has 0 radical (unpaired) electrons. The van der Waals surface area contributed by atoms with Crippen molar-refractivity contribution in [3.63, 3.8) is 0 Å². The van der Waals surface area contributed by atoms with Gasteiger partial charge in [0.2, 0.25) is 0 Å². The molecular formula is C26H25N3O3S. The van der Waals surface area contributed by atoms with Crippen LogP contribution in [0.25, 0.3) is 5.69 Å². The molecule has 6 nitrogen and oxygen atoms in total. The summed E-state index contributed by atoms with van der Waals surface area (Å²) in [6.07, 6.45) is 5.10. The Labute approximate surface area is 197 Å². The Morgan fingerprint density at radius 3 is 2.58 bits per heavy atom. The van der Waals surface area contributed by atoms with Crippen LogP contribution in [0.15, 0.2) is 76.8 Å². The Balaban J connectivity index is 1.47. The fourth-order valence-corrected chi connectivity index (χ4v) is 4.74. The van der Waals surface area contributed by atoms with Crippen LogP contribution >= 0.6 is 11.8 Å². The van der Waals surface area contributed by atoms with Gasteiger partial charge >= 0.3 is 0 Å². The van der Waals surface area contributed by atoms with Crippen molar-refractivity contribution in [2.75, 3.05) is 5.75 Å². The van der Waals surface area contributed by atoms with Gasteiger partial charge in [-0.15, -0.1) is 0 Å². The monoisotopic (exact) mass is 459 g/mol. The Hall–Kier alpha value is -3.58. The van der Waals surface area contributed by atoms with Crippen molar-refractivity contribution >= 4 is 23.5 Å². The van der Waals surface area contributed by atoms with Gasteiger partial charge in [-0.05, 0) is 62.2 Å². The summed E-state index contributed by atoms with van der Waals surface area (Å²) < 4.78 is 7.14. The van der Waals surface area contributed by atoms with Crippen molar-refractivity contribution < 1.29 is 14.0 Å². The van der Waals surface area contributed by atoms with E-state index in [2.05, 4.69) is 10.3 Å². The number of imidazole rings is 1. The average Bonchev–Trinajstić information content (AvgIpc) is 3.47. The molecule has 2 aromatic heterocycles. The summed E-state index contributed by atoms with van der Waals surface area (Å²) in [5.74, 6) is 0.862. The maximum Gasteiger partial charge on any atom is 0.251 e. The Bertz CT molecular complexity index is 1270. The van der Waals surface area contributed by atoms with Crippen LogP contribution < -0.4 is 5.32 Å². The van der Waals surface area contributed by atoms with Crippen LogP contribution in [0.2, 0.25) is 0 Å². The standard InChI is InChI=1S/C26H25N3O3S/c1-17-12-18(2)24(19(3)13-17)23(30)16-33-26-27-9-10-29(26)21-7-4-6-20(14-21)25(31)28-15-22-8-5-11-32-22/h4-14H,15-16H2,1-3H3,(H,28,31). The SMILES string of the molecule is Cc1cc(C)c(C(=O)CSc2nccn2-c2cccc(C(=O)NCc3ccco3)c2)c(C)c1. The third kappa shape index (κ3) is 5.26. The maximum atomic E-state index is 12.9. The molecule has 0 spiro atoms. The molecule has 0 fully saturated rings. The number of Topliss-reactive ketones (excluding diaryl/α,β-unsaturated/α-hetero) is 1. The van der Waals surface area contributed by atoms with Gasteiger partial charge in [0.15, 0.2) is 10.9 Å². The number of hydrogen-bond acceptors (Lipinski definition) is 5. The van der Waals surface area contributed by atoms with Gasteiger partial charge < -0.3 is 9.73 Å². The van der Waals surface area contributed by atoms with E-state index in [1.54, 1.807) is 30.7 Å².